The molecule has 6 N–H and O–H groups in total. The summed E-state index contributed by atoms with van der Waals surface area (Å²) in [6, 6.07) is -0.767. The monoisotopic (exact) mass is 703 g/mol. The van der Waals surface area contributed by atoms with Crippen LogP contribution in [0.15, 0.2) is 0 Å². The Hall–Kier alpha value is 3.10. The minimum absolute atomic E-state index is 0. The SMILES string of the molecule is CC(N)C(=O)N[CH-]C(=O)N[CH-]C(=O)NCC(=O)O.[Y].[Y].[Y].[Y].[Y]. The van der Waals surface area contributed by atoms with Crippen molar-refractivity contribution >= 4 is 23.7 Å². The third-order valence-corrected chi connectivity index (χ3v) is 1.52. The van der Waals surface area contributed by atoms with Gasteiger partial charge in [-0.15, -0.1) is 0 Å². The van der Waals surface area contributed by atoms with Crippen molar-refractivity contribution < 1.29 is 188 Å². The van der Waals surface area contributed by atoms with Crippen LogP contribution >= 0.6 is 0 Å². The molecular formula is C9H14N4O5Y5-2. The molecule has 23 heavy (non-hydrogen) atoms. The van der Waals surface area contributed by atoms with Gasteiger partial charge >= 0.3 is 5.97 Å². The van der Waals surface area contributed by atoms with Crippen LogP contribution < -0.4 is 21.7 Å². The molecule has 0 spiro atoms. The van der Waals surface area contributed by atoms with Gasteiger partial charge in [0.05, 0.1) is 11.9 Å². The maximum Gasteiger partial charge on any atom is 0.322 e. The zero-order chi connectivity index (χ0) is 14.1. The summed E-state index contributed by atoms with van der Waals surface area (Å²) in [7, 11) is 0. The molecule has 0 aliphatic heterocycles. The molecular weight excluding hydrogens is 689 g/mol. The molecule has 0 aliphatic carbocycles. The van der Waals surface area contributed by atoms with E-state index in [0.29, 0.717) is 0 Å². The van der Waals surface area contributed by atoms with Crippen molar-refractivity contribution in [3.8, 4) is 0 Å². The number of amides is 3. The van der Waals surface area contributed by atoms with E-state index in [-0.39, 0.29) is 164 Å². The Morgan fingerprint density at radius 3 is 1.78 bits per heavy atom. The van der Waals surface area contributed by atoms with Crippen LogP contribution in [0.25, 0.3) is 0 Å². The average molecular weight is 703 g/mol. The van der Waals surface area contributed by atoms with E-state index in [1.54, 1.807) is 0 Å². The fourth-order valence-electron chi connectivity index (χ4n) is 0.660. The van der Waals surface area contributed by atoms with Crippen molar-refractivity contribution in [2.75, 3.05) is 6.54 Å². The van der Waals surface area contributed by atoms with Gasteiger partial charge in [-0.25, -0.2) is 13.1 Å². The van der Waals surface area contributed by atoms with E-state index < -0.39 is 36.3 Å². The van der Waals surface area contributed by atoms with E-state index in [0.717, 1.165) is 13.1 Å². The summed E-state index contributed by atoms with van der Waals surface area (Å²) in [6.45, 7) is 2.41. The first-order valence-electron chi connectivity index (χ1n) is 4.85. The summed E-state index contributed by atoms with van der Waals surface area (Å²) in [5, 5.41) is 14.4. The molecule has 0 aromatic carbocycles. The molecule has 0 heterocycles. The Labute approximate surface area is 260 Å². The summed E-state index contributed by atoms with van der Waals surface area (Å²) in [5.74, 6) is -3.30. The van der Waals surface area contributed by atoms with E-state index in [2.05, 4.69) is 5.32 Å². The zero-order valence-corrected chi connectivity index (χ0v) is 26.7. The van der Waals surface area contributed by atoms with Crippen LogP contribution in [0.3, 0.4) is 0 Å². The second-order valence-electron chi connectivity index (χ2n) is 3.21. The normalized spacial score (nSPS) is 8.43. The van der Waals surface area contributed by atoms with Crippen molar-refractivity contribution in [2.45, 2.75) is 13.0 Å². The van der Waals surface area contributed by atoms with Gasteiger partial charge in [0.1, 0.15) is 12.5 Å². The van der Waals surface area contributed by atoms with Crippen LogP contribution in [0, 0.1) is 13.1 Å². The molecule has 0 fully saturated rings. The number of nitrogens with two attached hydrogens (primary N) is 1. The van der Waals surface area contributed by atoms with Crippen molar-refractivity contribution in [3.63, 3.8) is 0 Å². The predicted octanol–water partition coefficient (Wildman–Crippen LogP) is -2.92. The smallest absolute Gasteiger partial charge is 0.322 e. The minimum Gasteiger partial charge on any atom is -0.506 e. The fraction of sp³-hybridized carbons (Fsp3) is 0.333. The Kier molecular flexibility index (Phi) is 44.4. The number of hydrogen-bond acceptors (Lipinski definition) is 5. The molecule has 14 heteroatoms. The van der Waals surface area contributed by atoms with Crippen molar-refractivity contribution in [1.82, 2.24) is 16.0 Å². The zero-order valence-electron chi connectivity index (χ0n) is 12.5. The standard InChI is InChI=1S/C9H14N4O5.5Y/c1-5(10)9(18)13-3-7(15)11-2-6(14)12-4-8(16)17;;;;;/h2-3,5H,4,10H2,1H3,(H,11,15)(H,12,14)(H,13,18)(H,16,17);;;;;/q-2;;;;;. The molecule has 0 aromatic heterocycles. The van der Waals surface area contributed by atoms with E-state index in [1.807, 2.05) is 10.6 Å². The number of carboxylic acids is 1. The average Bonchev–Trinajstić information content (AvgIpc) is 2.30. The van der Waals surface area contributed by atoms with Gasteiger partial charge in [-0.1, -0.05) is 0 Å². The molecule has 0 aliphatic rings. The number of carbonyl (C=O) groups excluding carboxylic acids is 3. The molecule has 117 valence electrons. The Morgan fingerprint density at radius 2 is 1.39 bits per heavy atom. The van der Waals surface area contributed by atoms with E-state index in [9.17, 15) is 19.2 Å². The van der Waals surface area contributed by atoms with Crippen LogP contribution in [0.4, 0.5) is 0 Å². The minimum atomic E-state index is -1.21. The molecule has 0 rings (SSSR count). The Balaban J connectivity index is -0.000000144. The Morgan fingerprint density at radius 1 is 0.957 bits per heavy atom. The number of carbonyl (C=O) groups is 4. The fourth-order valence-corrected chi connectivity index (χ4v) is 0.660. The molecule has 0 saturated carbocycles. The van der Waals surface area contributed by atoms with Crippen LogP contribution in [0.1, 0.15) is 6.92 Å². The van der Waals surface area contributed by atoms with Gasteiger partial charge in [0.2, 0.25) is 5.91 Å². The summed E-state index contributed by atoms with van der Waals surface area (Å²) < 4.78 is 0. The van der Waals surface area contributed by atoms with Gasteiger partial charge in [-0.2, -0.15) is 0 Å². The first-order valence-corrected chi connectivity index (χ1v) is 4.85. The van der Waals surface area contributed by atoms with Crippen LogP contribution in [-0.4, -0.2) is 41.4 Å². The maximum atomic E-state index is 11.1. The van der Waals surface area contributed by atoms with Crippen molar-refractivity contribution in [1.29, 1.82) is 0 Å². The van der Waals surface area contributed by atoms with Crippen LogP contribution in [-0.2, 0) is 183 Å². The van der Waals surface area contributed by atoms with Crippen LogP contribution in [0.5, 0.6) is 0 Å². The number of hydrogen-bond donors (Lipinski definition) is 5. The molecule has 9 nitrogen and oxygen atoms in total. The van der Waals surface area contributed by atoms with Gasteiger partial charge in [-0.05, 0) is 6.92 Å². The number of nitrogens with one attached hydrogen (secondary N) is 3. The predicted molar refractivity (Wildman–Crippen MR) is 59.2 cm³/mol. The van der Waals surface area contributed by atoms with Gasteiger partial charge in [-0.3, -0.25) is 9.59 Å². The molecule has 0 saturated heterocycles. The second-order valence-corrected chi connectivity index (χ2v) is 3.21. The summed E-state index contributed by atoms with van der Waals surface area (Å²) in [5.41, 5.74) is 5.22. The van der Waals surface area contributed by atoms with Gasteiger partial charge in [0.25, 0.3) is 0 Å². The van der Waals surface area contributed by atoms with Gasteiger partial charge in [0.15, 0.2) is 0 Å². The first kappa shape index (κ1) is 40.7. The second kappa shape index (κ2) is 25.1. The third-order valence-electron chi connectivity index (χ3n) is 1.52. The van der Waals surface area contributed by atoms with Crippen LogP contribution in [0.2, 0.25) is 0 Å². The maximum absolute atomic E-state index is 11.1. The van der Waals surface area contributed by atoms with Gasteiger partial charge < -0.3 is 36.4 Å². The van der Waals surface area contributed by atoms with E-state index in [1.165, 1.54) is 6.92 Å². The quantitative estimate of drug-likeness (QED) is 0.180. The van der Waals surface area contributed by atoms with E-state index >= 15 is 0 Å². The van der Waals surface area contributed by atoms with Crippen molar-refractivity contribution in [2.24, 2.45) is 5.73 Å². The topological polar surface area (TPSA) is 151 Å². The third kappa shape index (κ3) is 27.4. The van der Waals surface area contributed by atoms with Gasteiger partial charge in [0, 0.05) is 164 Å². The molecule has 3 amide bonds. The molecule has 0 aromatic rings. The number of rotatable bonds is 7. The molecule has 0 bridgehead atoms. The van der Waals surface area contributed by atoms with Crippen molar-refractivity contribution in [3.05, 3.63) is 13.1 Å². The molecule has 1 unspecified atom stereocenters. The number of aliphatic carboxylic acids is 1. The summed E-state index contributed by atoms with van der Waals surface area (Å²) in [6.07, 6.45) is 0. The number of carboxylic acid groups (broad SMARTS) is 1. The summed E-state index contributed by atoms with van der Waals surface area (Å²) in [4.78, 5) is 43.1. The molecule has 5 radical (unpaired) electrons. The first-order chi connectivity index (χ1) is 8.32. The largest absolute Gasteiger partial charge is 0.506 e. The summed E-state index contributed by atoms with van der Waals surface area (Å²) >= 11 is 0. The Bertz CT molecular complexity index is 359. The molecule has 1 atom stereocenters. The van der Waals surface area contributed by atoms with E-state index in [4.69, 9.17) is 10.8 Å².